The summed E-state index contributed by atoms with van der Waals surface area (Å²) in [6.07, 6.45) is 0. The van der Waals surface area contributed by atoms with Gasteiger partial charge in [0.1, 0.15) is 0 Å². The zero-order valence-electron chi connectivity index (χ0n) is 12.6. The van der Waals surface area contributed by atoms with Crippen molar-refractivity contribution in [1.82, 2.24) is 10.3 Å². The zero-order chi connectivity index (χ0) is 18.8. The SMILES string of the molecule is Cc1c(Cl)cc(S(=O)(=O)NNC(=O)c2cccc(Cl)c2)cc1[N+](=O)[O-]. The smallest absolute Gasteiger partial charge is 0.273 e. The van der Waals surface area contributed by atoms with Gasteiger partial charge in [-0.15, -0.1) is 4.83 Å². The van der Waals surface area contributed by atoms with Crippen LogP contribution in [0.25, 0.3) is 0 Å². The van der Waals surface area contributed by atoms with Gasteiger partial charge in [-0.2, -0.15) is 0 Å². The van der Waals surface area contributed by atoms with E-state index in [0.717, 1.165) is 12.1 Å². The van der Waals surface area contributed by atoms with Crippen molar-refractivity contribution in [3.63, 3.8) is 0 Å². The topological polar surface area (TPSA) is 118 Å². The number of carbonyl (C=O) groups excluding carboxylic acids is 1. The van der Waals surface area contributed by atoms with Gasteiger partial charge < -0.3 is 0 Å². The number of halogens is 2. The lowest BCUT2D eigenvalue weighted by Crippen LogP contribution is -2.41. The normalized spacial score (nSPS) is 11.2. The Bertz CT molecular complexity index is 963. The lowest BCUT2D eigenvalue weighted by Gasteiger charge is -2.10. The summed E-state index contributed by atoms with van der Waals surface area (Å²) in [6, 6.07) is 7.76. The number of hydrogen-bond donors (Lipinski definition) is 2. The van der Waals surface area contributed by atoms with Crippen molar-refractivity contribution >= 4 is 44.8 Å². The first-order chi connectivity index (χ1) is 11.6. The number of amides is 1. The van der Waals surface area contributed by atoms with Crippen molar-refractivity contribution < 1.29 is 18.1 Å². The molecule has 2 N–H and O–H groups in total. The van der Waals surface area contributed by atoms with Gasteiger partial charge in [-0.05, 0) is 31.2 Å². The van der Waals surface area contributed by atoms with E-state index in [2.05, 4.69) is 0 Å². The lowest BCUT2D eigenvalue weighted by atomic mass is 10.2. The number of hydrazine groups is 1. The van der Waals surface area contributed by atoms with Gasteiger partial charge in [-0.3, -0.25) is 20.3 Å². The molecule has 2 aromatic carbocycles. The molecule has 0 spiro atoms. The fourth-order valence-corrected chi connectivity index (χ4v) is 3.21. The Kier molecular flexibility index (Phi) is 5.63. The number of hydrogen-bond acceptors (Lipinski definition) is 5. The highest BCUT2D eigenvalue weighted by molar-refractivity contribution is 7.89. The molecule has 132 valence electrons. The Morgan fingerprint density at radius 2 is 1.88 bits per heavy atom. The first-order valence-corrected chi connectivity index (χ1v) is 8.88. The van der Waals surface area contributed by atoms with Crippen molar-refractivity contribution in [3.05, 3.63) is 67.7 Å². The molecule has 25 heavy (non-hydrogen) atoms. The van der Waals surface area contributed by atoms with Crippen LogP contribution < -0.4 is 10.3 Å². The molecule has 0 bridgehead atoms. The average Bonchev–Trinajstić information content (AvgIpc) is 2.54. The number of rotatable bonds is 5. The van der Waals surface area contributed by atoms with Crippen LogP contribution in [0, 0.1) is 17.0 Å². The highest BCUT2D eigenvalue weighted by Crippen LogP contribution is 2.29. The highest BCUT2D eigenvalue weighted by atomic mass is 35.5. The van der Waals surface area contributed by atoms with Crippen molar-refractivity contribution in [2.24, 2.45) is 0 Å². The molecular weight excluding hydrogens is 393 g/mol. The molecule has 8 nitrogen and oxygen atoms in total. The van der Waals surface area contributed by atoms with Crippen LogP contribution >= 0.6 is 23.2 Å². The van der Waals surface area contributed by atoms with E-state index in [9.17, 15) is 23.3 Å². The summed E-state index contributed by atoms with van der Waals surface area (Å²) in [7, 11) is -4.27. The van der Waals surface area contributed by atoms with Gasteiger partial charge >= 0.3 is 0 Å². The minimum atomic E-state index is -4.27. The van der Waals surface area contributed by atoms with E-state index in [-0.39, 0.29) is 16.1 Å². The number of nitro groups is 1. The third kappa shape index (κ3) is 4.45. The van der Waals surface area contributed by atoms with Gasteiger partial charge in [0.05, 0.1) is 14.8 Å². The lowest BCUT2D eigenvalue weighted by molar-refractivity contribution is -0.385. The molecule has 11 heteroatoms. The second kappa shape index (κ2) is 7.36. The van der Waals surface area contributed by atoms with Gasteiger partial charge in [0, 0.05) is 22.2 Å². The average molecular weight is 404 g/mol. The summed E-state index contributed by atoms with van der Waals surface area (Å²) in [5.41, 5.74) is 1.81. The Labute approximate surface area is 152 Å². The molecular formula is C14H11Cl2N3O5S. The largest absolute Gasteiger partial charge is 0.275 e. The number of nitro benzene ring substituents is 1. The van der Waals surface area contributed by atoms with Crippen molar-refractivity contribution in [2.75, 3.05) is 0 Å². The second-order valence-electron chi connectivity index (χ2n) is 4.88. The van der Waals surface area contributed by atoms with Crippen LogP contribution in [-0.4, -0.2) is 19.2 Å². The molecule has 0 unspecified atom stereocenters. The van der Waals surface area contributed by atoms with Crippen LogP contribution in [0.3, 0.4) is 0 Å². The standard InChI is InChI=1S/C14H11Cl2N3O5S/c1-8-12(16)6-11(7-13(8)19(21)22)25(23,24)18-17-14(20)9-3-2-4-10(15)5-9/h2-7,18H,1H3,(H,17,20). The van der Waals surface area contributed by atoms with Gasteiger partial charge in [-0.1, -0.05) is 29.3 Å². The maximum absolute atomic E-state index is 12.2. The quantitative estimate of drug-likeness (QED) is 0.587. The molecule has 0 atom stereocenters. The number of sulfonamides is 1. The van der Waals surface area contributed by atoms with E-state index in [1.165, 1.54) is 25.1 Å². The summed E-state index contributed by atoms with van der Waals surface area (Å²) >= 11 is 11.6. The van der Waals surface area contributed by atoms with Gasteiger partial charge in [0.2, 0.25) is 0 Å². The molecule has 2 rings (SSSR count). The fourth-order valence-electron chi connectivity index (χ4n) is 1.86. The van der Waals surface area contributed by atoms with E-state index < -0.39 is 31.4 Å². The van der Waals surface area contributed by atoms with E-state index in [1.807, 2.05) is 10.3 Å². The molecule has 0 aromatic heterocycles. The Hall–Kier alpha value is -2.20. The van der Waals surface area contributed by atoms with Crippen molar-refractivity contribution in [1.29, 1.82) is 0 Å². The van der Waals surface area contributed by atoms with Crippen molar-refractivity contribution in [2.45, 2.75) is 11.8 Å². The third-order valence-corrected chi connectivity index (χ3v) is 5.04. The summed E-state index contributed by atoms with van der Waals surface area (Å²) in [5.74, 6) is -0.751. The van der Waals surface area contributed by atoms with Crippen LogP contribution in [0.15, 0.2) is 41.3 Å². The Morgan fingerprint density at radius 1 is 1.20 bits per heavy atom. The Morgan fingerprint density at radius 3 is 2.48 bits per heavy atom. The number of carbonyl (C=O) groups is 1. The molecule has 0 aliphatic carbocycles. The number of benzene rings is 2. The molecule has 0 fully saturated rings. The van der Waals surface area contributed by atoms with Crippen LogP contribution in [0.4, 0.5) is 5.69 Å². The van der Waals surface area contributed by atoms with Crippen LogP contribution in [-0.2, 0) is 10.0 Å². The van der Waals surface area contributed by atoms with E-state index >= 15 is 0 Å². The van der Waals surface area contributed by atoms with Gasteiger partial charge in [0.25, 0.3) is 21.6 Å². The highest BCUT2D eigenvalue weighted by Gasteiger charge is 2.23. The maximum atomic E-state index is 12.2. The molecule has 2 aromatic rings. The number of nitrogens with zero attached hydrogens (tertiary/aromatic N) is 1. The second-order valence-corrected chi connectivity index (χ2v) is 7.40. The minimum absolute atomic E-state index is 0.0873. The summed E-state index contributed by atoms with van der Waals surface area (Å²) in [6.45, 7) is 1.39. The maximum Gasteiger partial charge on any atom is 0.275 e. The Balaban J connectivity index is 2.25. The first kappa shape index (κ1) is 19.1. The molecule has 1 amide bonds. The third-order valence-electron chi connectivity index (χ3n) is 3.18. The first-order valence-electron chi connectivity index (χ1n) is 6.64. The molecule has 0 saturated carbocycles. The van der Waals surface area contributed by atoms with Crippen LogP contribution in [0.5, 0.6) is 0 Å². The fraction of sp³-hybridized carbons (Fsp3) is 0.0714. The van der Waals surface area contributed by atoms with E-state index in [4.69, 9.17) is 23.2 Å². The van der Waals surface area contributed by atoms with Gasteiger partial charge in [0.15, 0.2) is 0 Å². The van der Waals surface area contributed by atoms with E-state index in [1.54, 1.807) is 6.07 Å². The summed E-state index contributed by atoms with van der Waals surface area (Å²) < 4.78 is 24.5. The molecule has 0 aliphatic rings. The predicted octanol–water partition coefficient (Wildman–Crippen LogP) is 2.83. The molecule has 0 aliphatic heterocycles. The molecule has 0 radical (unpaired) electrons. The minimum Gasteiger partial charge on any atom is -0.273 e. The van der Waals surface area contributed by atoms with E-state index in [0.29, 0.717) is 5.02 Å². The number of nitrogens with one attached hydrogen (secondary N) is 2. The summed E-state index contributed by atoms with van der Waals surface area (Å²) in [5, 5.41) is 11.2. The van der Waals surface area contributed by atoms with Gasteiger partial charge in [-0.25, -0.2) is 8.42 Å². The molecule has 0 heterocycles. The van der Waals surface area contributed by atoms with Crippen LogP contribution in [0.1, 0.15) is 15.9 Å². The summed E-state index contributed by atoms with van der Waals surface area (Å²) in [4.78, 5) is 23.6. The van der Waals surface area contributed by atoms with Crippen molar-refractivity contribution in [3.8, 4) is 0 Å². The predicted molar refractivity (Wildman–Crippen MR) is 92.1 cm³/mol. The zero-order valence-corrected chi connectivity index (χ0v) is 14.9. The van der Waals surface area contributed by atoms with Crippen LogP contribution in [0.2, 0.25) is 10.0 Å². The monoisotopic (exact) mass is 403 g/mol. The molecule has 0 saturated heterocycles.